The summed E-state index contributed by atoms with van der Waals surface area (Å²) in [5, 5.41) is 0. The van der Waals surface area contributed by atoms with Gasteiger partial charge in [0.15, 0.2) is 0 Å². The van der Waals surface area contributed by atoms with E-state index in [1.807, 2.05) is 38.1 Å². The summed E-state index contributed by atoms with van der Waals surface area (Å²) in [6.07, 6.45) is 3.49. The highest BCUT2D eigenvalue weighted by atomic mass is 16.5. The summed E-state index contributed by atoms with van der Waals surface area (Å²) in [6.45, 7) is 4.43. The lowest BCUT2D eigenvalue weighted by atomic mass is 10.2. The molecule has 2 aromatic rings. The molecule has 1 aromatic carbocycles. The van der Waals surface area contributed by atoms with Crippen molar-refractivity contribution in [2.75, 3.05) is 7.11 Å². The minimum absolute atomic E-state index is 0.575. The first-order chi connectivity index (χ1) is 9.20. The number of aliphatic imine (C=N–C) groups is 1. The molecule has 0 aliphatic rings. The Morgan fingerprint density at radius 3 is 2.68 bits per heavy atom. The van der Waals surface area contributed by atoms with Gasteiger partial charge < -0.3 is 4.74 Å². The average Bonchev–Trinajstić information content (AvgIpc) is 2.45. The largest absolute Gasteiger partial charge is 0.496 e. The number of hydrogen-bond donors (Lipinski definition) is 0. The molecule has 4 nitrogen and oxygen atoms in total. The van der Waals surface area contributed by atoms with E-state index in [9.17, 15) is 0 Å². The van der Waals surface area contributed by atoms with Crippen molar-refractivity contribution in [3.05, 3.63) is 53.6 Å². The fourth-order valence-electron chi connectivity index (χ4n) is 1.70. The summed E-state index contributed by atoms with van der Waals surface area (Å²) in [5.41, 5.74) is 3.64. The first-order valence-electron chi connectivity index (χ1n) is 6.12. The quantitative estimate of drug-likeness (QED) is 0.789. The Balaban J connectivity index is 2.15. The number of rotatable bonds is 4. The van der Waals surface area contributed by atoms with Gasteiger partial charge in [-0.2, -0.15) is 0 Å². The molecule has 0 aliphatic heterocycles. The van der Waals surface area contributed by atoms with Crippen LogP contribution >= 0.6 is 0 Å². The number of para-hydroxylation sites is 1. The number of methoxy groups -OCH3 is 1. The number of benzene rings is 1. The van der Waals surface area contributed by atoms with Crippen LogP contribution < -0.4 is 4.74 Å². The van der Waals surface area contributed by atoms with Crippen LogP contribution in [0.1, 0.15) is 23.9 Å². The lowest BCUT2D eigenvalue weighted by Gasteiger charge is -2.06. The van der Waals surface area contributed by atoms with Gasteiger partial charge in [-0.25, -0.2) is 0 Å². The lowest BCUT2D eigenvalue weighted by Crippen LogP contribution is -2.01. The molecular weight excluding hydrogens is 238 g/mol. The van der Waals surface area contributed by atoms with Crippen LogP contribution in [0.4, 0.5) is 0 Å². The van der Waals surface area contributed by atoms with E-state index in [2.05, 4.69) is 15.0 Å². The van der Waals surface area contributed by atoms with Crippen LogP contribution in [0.3, 0.4) is 0 Å². The Labute approximate surface area is 113 Å². The first kappa shape index (κ1) is 13.2. The van der Waals surface area contributed by atoms with Gasteiger partial charge in [-0.3, -0.25) is 15.0 Å². The Morgan fingerprint density at radius 1 is 1.21 bits per heavy atom. The van der Waals surface area contributed by atoms with E-state index in [0.717, 1.165) is 28.4 Å². The molecule has 98 valence electrons. The van der Waals surface area contributed by atoms with Crippen molar-refractivity contribution in [1.29, 1.82) is 0 Å². The van der Waals surface area contributed by atoms with E-state index in [0.29, 0.717) is 6.54 Å². The number of aryl methyl sites for hydroxylation is 1. The molecule has 0 aliphatic carbocycles. The standard InChI is InChI=1S/C15H17N3O/c1-11-8-18-14(10-16-11)12(2)17-9-13-6-4-5-7-15(13)19-3/h4-8,10H,9H2,1-3H3. The molecule has 0 spiro atoms. The van der Waals surface area contributed by atoms with Gasteiger partial charge in [0.2, 0.25) is 0 Å². The van der Waals surface area contributed by atoms with Crippen LogP contribution in [0.25, 0.3) is 0 Å². The fraction of sp³-hybridized carbons (Fsp3) is 0.267. The number of ether oxygens (including phenoxy) is 1. The molecule has 1 aromatic heterocycles. The van der Waals surface area contributed by atoms with Crippen molar-refractivity contribution < 1.29 is 4.74 Å². The van der Waals surface area contributed by atoms with Crippen LogP contribution in [-0.4, -0.2) is 22.8 Å². The Hall–Kier alpha value is -2.23. The molecular formula is C15H17N3O. The summed E-state index contributed by atoms with van der Waals surface area (Å²) in [4.78, 5) is 13.1. The molecule has 2 rings (SSSR count). The summed E-state index contributed by atoms with van der Waals surface area (Å²) in [5.74, 6) is 0.856. The molecule has 19 heavy (non-hydrogen) atoms. The molecule has 0 bridgehead atoms. The lowest BCUT2D eigenvalue weighted by molar-refractivity contribution is 0.410. The number of aromatic nitrogens is 2. The minimum Gasteiger partial charge on any atom is -0.496 e. The van der Waals surface area contributed by atoms with Gasteiger partial charge in [-0.15, -0.1) is 0 Å². The average molecular weight is 255 g/mol. The SMILES string of the molecule is COc1ccccc1CN=C(C)c1cnc(C)cn1. The molecule has 0 fully saturated rings. The predicted molar refractivity (Wildman–Crippen MR) is 75.7 cm³/mol. The second kappa shape index (κ2) is 6.09. The maximum Gasteiger partial charge on any atom is 0.123 e. The molecule has 0 N–H and O–H groups in total. The Morgan fingerprint density at radius 2 is 2.00 bits per heavy atom. The highest BCUT2D eigenvalue weighted by molar-refractivity contribution is 5.96. The third kappa shape index (κ3) is 3.37. The van der Waals surface area contributed by atoms with Crippen molar-refractivity contribution in [3.8, 4) is 5.75 Å². The van der Waals surface area contributed by atoms with Gasteiger partial charge in [0.05, 0.1) is 31.3 Å². The Kier molecular flexibility index (Phi) is 4.23. The first-order valence-corrected chi connectivity index (χ1v) is 6.12. The maximum absolute atomic E-state index is 5.30. The maximum atomic E-state index is 5.30. The Bertz CT molecular complexity index is 576. The third-order valence-corrected chi connectivity index (χ3v) is 2.83. The molecule has 0 unspecified atom stereocenters. The summed E-state index contributed by atoms with van der Waals surface area (Å²) >= 11 is 0. The molecule has 0 amide bonds. The van der Waals surface area contributed by atoms with Gasteiger partial charge >= 0.3 is 0 Å². The summed E-state index contributed by atoms with van der Waals surface area (Å²) in [6, 6.07) is 7.88. The topological polar surface area (TPSA) is 47.4 Å². The highest BCUT2D eigenvalue weighted by Gasteiger charge is 2.02. The van der Waals surface area contributed by atoms with Gasteiger partial charge in [0.25, 0.3) is 0 Å². The highest BCUT2D eigenvalue weighted by Crippen LogP contribution is 2.18. The summed E-state index contributed by atoms with van der Waals surface area (Å²) in [7, 11) is 1.67. The van der Waals surface area contributed by atoms with Gasteiger partial charge in [0.1, 0.15) is 11.4 Å². The van der Waals surface area contributed by atoms with E-state index in [1.165, 1.54) is 0 Å². The minimum atomic E-state index is 0.575. The van der Waals surface area contributed by atoms with E-state index >= 15 is 0 Å². The van der Waals surface area contributed by atoms with E-state index in [1.54, 1.807) is 19.5 Å². The molecule has 0 saturated heterocycles. The smallest absolute Gasteiger partial charge is 0.123 e. The van der Waals surface area contributed by atoms with Crippen LogP contribution in [0, 0.1) is 6.92 Å². The predicted octanol–water partition coefficient (Wildman–Crippen LogP) is 2.80. The number of nitrogens with zero attached hydrogens (tertiary/aromatic N) is 3. The van der Waals surface area contributed by atoms with Crippen molar-refractivity contribution in [2.45, 2.75) is 20.4 Å². The van der Waals surface area contributed by atoms with Crippen LogP contribution in [0.5, 0.6) is 5.75 Å². The molecule has 1 heterocycles. The van der Waals surface area contributed by atoms with Crippen molar-refractivity contribution in [1.82, 2.24) is 9.97 Å². The van der Waals surface area contributed by atoms with E-state index in [4.69, 9.17) is 4.74 Å². The van der Waals surface area contributed by atoms with Gasteiger partial charge in [-0.05, 0) is 19.9 Å². The van der Waals surface area contributed by atoms with Crippen molar-refractivity contribution in [3.63, 3.8) is 0 Å². The van der Waals surface area contributed by atoms with Crippen molar-refractivity contribution >= 4 is 5.71 Å². The zero-order valence-electron chi connectivity index (χ0n) is 11.4. The molecule has 4 heteroatoms. The zero-order valence-corrected chi connectivity index (χ0v) is 11.4. The number of hydrogen-bond acceptors (Lipinski definition) is 4. The fourth-order valence-corrected chi connectivity index (χ4v) is 1.70. The van der Waals surface area contributed by atoms with Crippen LogP contribution in [0.15, 0.2) is 41.7 Å². The second-order valence-electron chi connectivity index (χ2n) is 4.26. The van der Waals surface area contributed by atoms with E-state index in [-0.39, 0.29) is 0 Å². The second-order valence-corrected chi connectivity index (χ2v) is 4.26. The summed E-state index contributed by atoms with van der Waals surface area (Å²) < 4.78 is 5.30. The molecule has 0 atom stereocenters. The van der Waals surface area contributed by atoms with Crippen LogP contribution in [-0.2, 0) is 6.54 Å². The van der Waals surface area contributed by atoms with Gasteiger partial charge in [0, 0.05) is 11.8 Å². The van der Waals surface area contributed by atoms with Gasteiger partial charge in [-0.1, -0.05) is 18.2 Å². The molecule has 0 saturated carbocycles. The zero-order chi connectivity index (χ0) is 13.7. The van der Waals surface area contributed by atoms with Crippen molar-refractivity contribution in [2.24, 2.45) is 4.99 Å². The molecule has 0 radical (unpaired) electrons. The normalized spacial score (nSPS) is 11.4. The monoisotopic (exact) mass is 255 g/mol. The third-order valence-electron chi connectivity index (χ3n) is 2.83. The van der Waals surface area contributed by atoms with Crippen LogP contribution in [0.2, 0.25) is 0 Å². The van der Waals surface area contributed by atoms with E-state index < -0.39 is 0 Å².